The van der Waals surface area contributed by atoms with E-state index in [0.29, 0.717) is 11.9 Å². The maximum absolute atomic E-state index is 12.0. The summed E-state index contributed by atoms with van der Waals surface area (Å²) in [4.78, 5) is 16.6. The molecule has 2 saturated heterocycles. The Morgan fingerprint density at radius 3 is 2.37 bits per heavy atom. The van der Waals surface area contributed by atoms with Crippen LogP contribution in [0.15, 0.2) is 0 Å². The molecule has 2 aliphatic rings. The fourth-order valence-corrected chi connectivity index (χ4v) is 3.32. The van der Waals surface area contributed by atoms with Crippen molar-refractivity contribution in [2.75, 3.05) is 32.7 Å². The first kappa shape index (κ1) is 14.8. The summed E-state index contributed by atoms with van der Waals surface area (Å²) in [5.41, 5.74) is 0.258. The molecule has 1 N–H and O–H groups in total. The first-order chi connectivity index (χ1) is 8.89. The number of carbonyl (C=O) groups excluding carboxylic acids is 1. The predicted molar refractivity (Wildman–Crippen MR) is 78.1 cm³/mol. The average molecular weight is 267 g/mol. The summed E-state index contributed by atoms with van der Waals surface area (Å²) in [6.45, 7) is 13.6. The predicted octanol–water partition coefficient (Wildman–Crippen LogP) is 1.32. The van der Waals surface area contributed by atoms with Gasteiger partial charge in [0, 0.05) is 43.7 Å². The largest absolute Gasteiger partial charge is 0.340 e. The standard InChI is InChI=1S/C15H29N3O/c1-12(2)14(19)18-9-7-17(8-10-18)13-5-6-16-15(3,4)11-13/h12-13,16H,5-11H2,1-4H3. The van der Waals surface area contributed by atoms with Crippen molar-refractivity contribution in [3.63, 3.8) is 0 Å². The van der Waals surface area contributed by atoms with Crippen LogP contribution in [0.25, 0.3) is 0 Å². The Hall–Kier alpha value is -0.610. The highest BCUT2D eigenvalue weighted by Crippen LogP contribution is 2.24. The maximum atomic E-state index is 12.0. The average Bonchev–Trinajstić information content (AvgIpc) is 2.37. The number of hydrogen-bond acceptors (Lipinski definition) is 3. The third-order valence-corrected chi connectivity index (χ3v) is 4.46. The van der Waals surface area contributed by atoms with Crippen LogP contribution in [-0.2, 0) is 4.79 Å². The van der Waals surface area contributed by atoms with Gasteiger partial charge in [0.1, 0.15) is 0 Å². The highest BCUT2D eigenvalue weighted by Gasteiger charge is 2.33. The second kappa shape index (κ2) is 5.80. The molecule has 2 fully saturated rings. The molecule has 0 bridgehead atoms. The molecule has 2 heterocycles. The van der Waals surface area contributed by atoms with Gasteiger partial charge in [0.2, 0.25) is 5.91 Å². The minimum atomic E-state index is 0.129. The molecule has 4 heteroatoms. The summed E-state index contributed by atoms with van der Waals surface area (Å²) in [7, 11) is 0. The second-order valence-electron chi connectivity index (χ2n) is 6.97. The third-order valence-electron chi connectivity index (χ3n) is 4.46. The van der Waals surface area contributed by atoms with E-state index in [9.17, 15) is 4.79 Å². The minimum absolute atomic E-state index is 0.129. The molecular weight excluding hydrogens is 238 g/mol. The van der Waals surface area contributed by atoms with Crippen LogP contribution in [0.4, 0.5) is 0 Å². The molecule has 0 aromatic heterocycles. The van der Waals surface area contributed by atoms with Crippen LogP contribution in [0.5, 0.6) is 0 Å². The summed E-state index contributed by atoms with van der Waals surface area (Å²) >= 11 is 0. The molecule has 0 aromatic carbocycles. The summed E-state index contributed by atoms with van der Waals surface area (Å²) < 4.78 is 0. The van der Waals surface area contributed by atoms with Crippen LogP contribution >= 0.6 is 0 Å². The SMILES string of the molecule is CC(C)C(=O)N1CCN(C2CCNC(C)(C)C2)CC1. The van der Waals surface area contributed by atoms with Gasteiger partial charge in [-0.2, -0.15) is 0 Å². The molecule has 0 saturated carbocycles. The van der Waals surface area contributed by atoms with Gasteiger partial charge < -0.3 is 10.2 Å². The smallest absolute Gasteiger partial charge is 0.225 e. The number of nitrogens with zero attached hydrogens (tertiary/aromatic N) is 2. The molecule has 0 spiro atoms. The monoisotopic (exact) mass is 267 g/mol. The van der Waals surface area contributed by atoms with Crippen molar-refractivity contribution >= 4 is 5.91 Å². The van der Waals surface area contributed by atoms with Gasteiger partial charge in [0.05, 0.1) is 0 Å². The van der Waals surface area contributed by atoms with E-state index >= 15 is 0 Å². The highest BCUT2D eigenvalue weighted by atomic mass is 16.2. The molecule has 110 valence electrons. The molecule has 1 amide bonds. The fraction of sp³-hybridized carbons (Fsp3) is 0.933. The molecule has 1 unspecified atom stereocenters. The van der Waals surface area contributed by atoms with E-state index in [0.717, 1.165) is 32.7 Å². The number of nitrogens with one attached hydrogen (secondary N) is 1. The van der Waals surface area contributed by atoms with Crippen molar-refractivity contribution in [1.29, 1.82) is 0 Å². The van der Waals surface area contributed by atoms with Gasteiger partial charge in [-0.25, -0.2) is 0 Å². The summed E-state index contributed by atoms with van der Waals surface area (Å²) in [5, 5.41) is 3.58. The molecule has 0 aliphatic carbocycles. The fourth-order valence-electron chi connectivity index (χ4n) is 3.32. The number of amides is 1. The molecule has 0 aromatic rings. The quantitative estimate of drug-likeness (QED) is 0.819. The van der Waals surface area contributed by atoms with Crippen LogP contribution < -0.4 is 5.32 Å². The molecular formula is C15H29N3O. The van der Waals surface area contributed by atoms with E-state index in [1.54, 1.807) is 0 Å². The van der Waals surface area contributed by atoms with E-state index in [-0.39, 0.29) is 11.5 Å². The first-order valence-corrected chi connectivity index (χ1v) is 7.67. The Labute approximate surface area is 117 Å². The van der Waals surface area contributed by atoms with Gasteiger partial charge in [-0.1, -0.05) is 13.8 Å². The zero-order chi connectivity index (χ0) is 14.0. The maximum Gasteiger partial charge on any atom is 0.225 e. The number of piperazine rings is 1. The van der Waals surface area contributed by atoms with Crippen molar-refractivity contribution in [2.24, 2.45) is 5.92 Å². The van der Waals surface area contributed by atoms with E-state index in [4.69, 9.17) is 0 Å². The van der Waals surface area contributed by atoms with Crippen molar-refractivity contribution in [1.82, 2.24) is 15.1 Å². The minimum Gasteiger partial charge on any atom is -0.340 e. The lowest BCUT2D eigenvalue weighted by molar-refractivity contribution is -0.136. The van der Waals surface area contributed by atoms with E-state index in [2.05, 4.69) is 24.1 Å². The Morgan fingerprint density at radius 1 is 1.21 bits per heavy atom. The van der Waals surface area contributed by atoms with Crippen molar-refractivity contribution in [3.05, 3.63) is 0 Å². The Bertz CT molecular complexity index is 319. The molecule has 0 radical (unpaired) electrons. The van der Waals surface area contributed by atoms with E-state index < -0.39 is 0 Å². The first-order valence-electron chi connectivity index (χ1n) is 7.67. The normalized spacial score (nSPS) is 28.7. The van der Waals surface area contributed by atoms with Crippen LogP contribution in [0, 0.1) is 5.92 Å². The Kier molecular flexibility index (Phi) is 4.51. The van der Waals surface area contributed by atoms with Crippen LogP contribution in [0.1, 0.15) is 40.5 Å². The number of rotatable bonds is 2. The summed E-state index contributed by atoms with van der Waals surface area (Å²) in [6, 6.07) is 0.688. The van der Waals surface area contributed by atoms with Crippen molar-refractivity contribution in [2.45, 2.75) is 52.1 Å². The highest BCUT2D eigenvalue weighted by molar-refractivity contribution is 5.78. The van der Waals surface area contributed by atoms with E-state index in [1.165, 1.54) is 12.8 Å². The zero-order valence-electron chi connectivity index (χ0n) is 12.9. The lowest BCUT2D eigenvalue weighted by Crippen LogP contribution is -2.58. The molecule has 4 nitrogen and oxygen atoms in total. The van der Waals surface area contributed by atoms with Gasteiger partial charge >= 0.3 is 0 Å². The number of piperidine rings is 1. The summed E-state index contributed by atoms with van der Waals surface area (Å²) in [6.07, 6.45) is 2.45. The molecule has 2 rings (SSSR count). The lowest BCUT2D eigenvalue weighted by atomic mass is 9.88. The lowest BCUT2D eigenvalue weighted by Gasteiger charge is -2.45. The van der Waals surface area contributed by atoms with Crippen LogP contribution in [-0.4, -0.2) is 60.0 Å². The Balaban J connectivity index is 1.84. The van der Waals surface area contributed by atoms with E-state index in [1.807, 2.05) is 18.7 Å². The number of hydrogen-bond donors (Lipinski definition) is 1. The van der Waals surface area contributed by atoms with Gasteiger partial charge in [-0.05, 0) is 33.2 Å². The van der Waals surface area contributed by atoms with Crippen molar-refractivity contribution < 1.29 is 4.79 Å². The van der Waals surface area contributed by atoms with Crippen LogP contribution in [0.2, 0.25) is 0 Å². The molecule has 1 atom stereocenters. The molecule has 19 heavy (non-hydrogen) atoms. The summed E-state index contributed by atoms with van der Waals surface area (Å²) in [5.74, 6) is 0.439. The zero-order valence-corrected chi connectivity index (χ0v) is 12.9. The Morgan fingerprint density at radius 2 is 1.84 bits per heavy atom. The molecule has 2 aliphatic heterocycles. The topological polar surface area (TPSA) is 35.6 Å². The third kappa shape index (κ3) is 3.69. The van der Waals surface area contributed by atoms with Gasteiger partial charge in [0.15, 0.2) is 0 Å². The van der Waals surface area contributed by atoms with Gasteiger partial charge in [0.25, 0.3) is 0 Å². The van der Waals surface area contributed by atoms with Crippen LogP contribution in [0.3, 0.4) is 0 Å². The number of carbonyl (C=O) groups is 1. The second-order valence-corrected chi connectivity index (χ2v) is 6.97. The van der Waals surface area contributed by atoms with Crippen molar-refractivity contribution in [3.8, 4) is 0 Å². The van der Waals surface area contributed by atoms with Gasteiger partial charge in [-0.15, -0.1) is 0 Å². The van der Waals surface area contributed by atoms with Gasteiger partial charge in [-0.3, -0.25) is 9.69 Å².